The Kier molecular flexibility index (Phi) is 6.72. The molecule has 1 aromatic rings. The molecule has 1 saturated carbocycles. The SMILES string of the molecule is CCCC(CC)NC1CC(NC(=O)OCc2ccccc2)C1. The van der Waals surface area contributed by atoms with Gasteiger partial charge in [0, 0.05) is 18.1 Å². The summed E-state index contributed by atoms with van der Waals surface area (Å²) in [6, 6.07) is 11.1. The number of ether oxygens (including phenoxy) is 1. The van der Waals surface area contributed by atoms with Crippen molar-refractivity contribution in [3.63, 3.8) is 0 Å². The molecule has 122 valence electrons. The van der Waals surface area contributed by atoms with Gasteiger partial charge >= 0.3 is 6.09 Å². The highest BCUT2D eigenvalue weighted by atomic mass is 16.5. The Hall–Kier alpha value is -1.55. The monoisotopic (exact) mass is 304 g/mol. The molecule has 1 aliphatic carbocycles. The molecule has 0 bridgehead atoms. The standard InChI is InChI=1S/C18H28N2O2/c1-3-8-15(4-2)19-16-11-17(12-16)20-18(21)22-13-14-9-6-5-7-10-14/h5-7,9-10,15-17,19H,3-4,8,11-13H2,1-2H3,(H,20,21). The number of carbonyl (C=O) groups is 1. The van der Waals surface area contributed by atoms with Crippen LogP contribution in [-0.4, -0.2) is 24.2 Å². The summed E-state index contributed by atoms with van der Waals surface area (Å²) in [5, 5.41) is 6.61. The molecule has 0 radical (unpaired) electrons. The van der Waals surface area contributed by atoms with Crippen LogP contribution in [0.25, 0.3) is 0 Å². The van der Waals surface area contributed by atoms with Gasteiger partial charge in [-0.2, -0.15) is 0 Å². The minimum atomic E-state index is -0.312. The fraction of sp³-hybridized carbons (Fsp3) is 0.611. The van der Waals surface area contributed by atoms with E-state index in [4.69, 9.17) is 4.74 Å². The van der Waals surface area contributed by atoms with Gasteiger partial charge in [0.15, 0.2) is 0 Å². The molecule has 4 heteroatoms. The summed E-state index contributed by atoms with van der Waals surface area (Å²) >= 11 is 0. The van der Waals surface area contributed by atoms with Gasteiger partial charge in [-0.1, -0.05) is 50.6 Å². The molecule has 0 aromatic heterocycles. The summed E-state index contributed by atoms with van der Waals surface area (Å²) in [4.78, 5) is 11.8. The van der Waals surface area contributed by atoms with E-state index in [2.05, 4.69) is 24.5 Å². The molecule has 4 nitrogen and oxygen atoms in total. The van der Waals surface area contributed by atoms with E-state index < -0.39 is 0 Å². The van der Waals surface area contributed by atoms with Gasteiger partial charge in [0.2, 0.25) is 0 Å². The number of benzene rings is 1. The molecule has 1 aromatic carbocycles. The second-order valence-electron chi connectivity index (χ2n) is 6.13. The van der Waals surface area contributed by atoms with E-state index in [-0.39, 0.29) is 12.1 Å². The van der Waals surface area contributed by atoms with Crippen LogP contribution in [-0.2, 0) is 11.3 Å². The first-order valence-electron chi connectivity index (χ1n) is 8.44. The number of carbonyl (C=O) groups excluding carboxylic acids is 1. The topological polar surface area (TPSA) is 50.4 Å². The molecule has 0 heterocycles. The van der Waals surface area contributed by atoms with E-state index in [1.165, 1.54) is 19.3 Å². The highest BCUT2D eigenvalue weighted by molar-refractivity contribution is 5.67. The van der Waals surface area contributed by atoms with Crippen molar-refractivity contribution in [2.24, 2.45) is 0 Å². The van der Waals surface area contributed by atoms with Gasteiger partial charge < -0.3 is 15.4 Å². The van der Waals surface area contributed by atoms with Crippen LogP contribution in [0.2, 0.25) is 0 Å². The largest absolute Gasteiger partial charge is 0.445 e. The average molecular weight is 304 g/mol. The van der Waals surface area contributed by atoms with E-state index >= 15 is 0 Å². The summed E-state index contributed by atoms with van der Waals surface area (Å²) in [6.07, 6.45) is 5.30. The zero-order chi connectivity index (χ0) is 15.8. The maximum atomic E-state index is 11.8. The number of alkyl carbamates (subject to hydrolysis) is 1. The molecule has 0 aliphatic heterocycles. The van der Waals surface area contributed by atoms with Crippen molar-refractivity contribution >= 4 is 6.09 Å². The van der Waals surface area contributed by atoms with E-state index in [9.17, 15) is 4.79 Å². The smallest absolute Gasteiger partial charge is 0.407 e. The van der Waals surface area contributed by atoms with Gasteiger partial charge in [0.25, 0.3) is 0 Å². The first-order chi connectivity index (χ1) is 10.7. The second kappa shape index (κ2) is 8.79. The van der Waals surface area contributed by atoms with Crippen molar-refractivity contribution in [1.29, 1.82) is 0 Å². The van der Waals surface area contributed by atoms with Crippen LogP contribution in [0.15, 0.2) is 30.3 Å². The number of rotatable bonds is 8. The lowest BCUT2D eigenvalue weighted by atomic mass is 9.86. The Bertz CT molecular complexity index is 444. The summed E-state index contributed by atoms with van der Waals surface area (Å²) in [7, 11) is 0. The van der Waals surface area contributed by atoms with Gasteiger partial charge in [-0.3, -0.25) is 0 Å². The van der Waals surface area contributed by atoms with Crippen molar-refractivity contribution < 1.29 is 9.53 Å². The normalized spacial score (nSPS) is 21.7. The predicted molar refractivity (Wildman–Crippen MR) is 88.7 cm³/mol. The highest BCUT2D eigenvalue weighted by Crippen LogP contribution is 2.21. The van der Waals surface area contributed by atoms with Crippen molar-refractivity contribution in [3.05, 3.63) is 35.9 Å². The summed E-state index contributed by atoms with van der Waals surface area (Å²) in [5.41, 5.74) is 1.01. The van der Waals surface area contributed by atoms with E-state index in [1.54, 1.807) is 0 Å². The lowest BCUT2D eigenvalue weighted by Crippen LogP contribution is -2.54. The molecule has 0 saturated heterocycles. The molecule has 1 aliphatic rings. The molecule has 2 N–H and O–H groups in total. The minimum Gasteiger partial charge on any atom is -0.445 e. The summed E-state index contributed by atoms with van der Waals surface area (Å²) < 4.78 is 5.24. The zero-order valence-electron chi connectivity index (χ0n) is 13.7. The average Bonchev–Trinajstić information content (AvgIpc) is 2.51. The third-order valence-electron chi connectivity index (χ3n) is 4.27. The molecular formula is C18H28N2O2. The van der Waals surface area contributed by atoms with Gasteiger partial charge in [-0.05, 0) is 31.2 Å². The van der Waals surface area contributed by atoms with Crippen LogP contribution in [0.5, 0.6) is 0 Å². The Balaban J connectivity index is 1.60. The molecular weight excluding hydrogens is 276 g/mol. The molecule has 1 unspecified atom stereocenters. The van der Waals surface area contributed by atoms with E-state index in [0.29, 0.717) is 18.7 Å². The Morgan fingerprint density at radius 2 is 1.95 bits per heavy atom. The molecule has 1 atom stereocenters. The first kappa shape index (κ1) is 16.8. The van der Waals surface area contributed by atoms with Crippen LogP contribution in [0.3, 0.4) is 0 Å². The molecule has 0 spiro atoms. The highest BCUT2D eigenvalue weighted by Gasteiger charge is 2.31. The Morgan fingerprint density at radius 1 is 1.23 bits per heavy atom. The van der Waals surface area contributed by atoms with Crippen molar-refractivity contribution in [3.8, 4) is 0 Å². The fourth-order valence-electron chi connectivity index (χ4n) is 2.89. The van der Waals surface area contributed by atoms with Crippen molar-refractivity contribution in [2.45, 2.75) is 70.7 Å². The van der Waals surface area contributed by atoms with E-state index in [1.807, 2.05) is 30.3 Å². The van der Waals surface area contributed by atoms with Crippen LogP contribution in [0, 0.1) is 0 Å². The van der Waals surface area contributed by atoms with E-state index in [0.717, 1.165) is 18.4 Å². The summed E-state index contributed by atoms with van der Waals surface area (Å²) in [5.74, 6) is 0. The third kappa shape index (κ3) is 5.34. The maximum absolute atomic E-state index is 11.8. The predicted octanol–water partition coefficient (Wildman–Crippen LogP) is 3.61. The minimum absolute atomic E-state index is 0.250. The van der Waals surface area contributed by atoms with Gasteiger partial charge in [0.1, 0.15) is 6.61 Å². The third-order valence-corrected chi connectivity index (χ3v) is 4.27. The van der Waals surface area contributed by atoms with Crippen LogP contribution < -0.4 is 10.6 Å². The molecule has 2 rings (SSSR count). The Morgan fingerprint density at radius 3 is 2.59 bits per heavy atom. The lowest BCUT2D eigenvalue weighted by Gasteiger charge is -2.38. The number of amides is 1. The lowest BCUT2D eigenvalue weighted by molar-refractivity contribution is 0.124. The van der Waals surface area contributed by atoms with Crippen molar-refractivity contribution in [2.75, 3.05) is 0 Å². The number of hydrogen-bond acceptors (Lipinski definition) is 3. The van der Waals surface area contributed by atoms with Gasteiger partial charge in [-0.25, -0.2) is 4.79 Å². The zero-order valence-corrected chi connectivity index (χ0v) is 13.7. The fourth-order valence-corrected chi connectivity index (χ4v) is 2.89. The number of nitrogens with one attached hydrogen (secondary N) is 2. The Labute approximate surface area is 133 Å². The first-order valence-corrected chi connectivity index (χ1v) is 8.44. The van der Waals surface area contributed by atoms with Crippen LogP contribution in [0.1, 0.15) is 51.5 Å². The molecule has 1 amide bonds. The molecule has 1 fully saturated rings. The summed E-state index contributed by atoms with van der Waals surface area (Å²) in [6.45, 7) is 4.77. The molecule has 22 heavy (non-hydrogen) atoms. The number of hydrogen-bond donors (Lipinski definition) is 2. The quantitative estimate of drug-likeness (QED) is 0.771. The van der Waals surface area contributed by atoms with Crippen LogP contribution in [0.4, 0.5) is 4.79 Å². The van der Waals surface area contributed by atoms with Crippen molar-refractivity contribution in [1.82, 2.24) is 10.6 Å². The maximum Gasteiger partial charge on any atom is 0.407 e. The van der Waals surface area contributed by atoms with Gasteiger partial charge in [0.05, 0.1) is 0 Å². The van der Waals surface area contributed by atoms with Gasteiger partial charge in [-0.15, -0.1) is 0 Å². The second-order valence-corrected chi connectivity index (χ2v) is 6.13. The van der Waals surface area contributed by atoms with Crippen LogP contribution >= 0.6 is 0 Å².